The predicted octanol–water partition coefficient (Wildman–Crippen LogP) is 0.465. The molecule has 0 fully saturated rings. The quantitative estimate of drug-likeness (QED) is 0.734. The van der Waals surface area contributed by atoms with Crippen molar-refractivity contribution in [3.8, 4) is 6.07 Å². The Morgan fingerprint density at radius 3 is 2.60 bits per heavy atom. The predicted molar refractivity (Wildman–Crippen MR) is 59.7 cm³/mol. The van der Waals surface area contributed by atoms with Gasteiger partial charge in [0.05, 0.1) is 5.36 Å². The Morgan fingerprint density at radius 2 is 2.13 bits per heavy atom. The lowest BCUT2D eigenvalue weighted by molar-refractivity contribution is 0.774. The van der Waals surface area contributed by atoms with Crippen molar-refractivity contribution in [2.24, 2.45) is 4.99 Å². The number of nitrogen functional groups attached to an aromatic ring is 2. The lowest BCUT2D eigenvalue weighted by Crippen LogP contribution is -2.20. The smallest absolute Gasteiger partial charge is 0.125 e. The highest BCUT2D eigenvalue weighted by Crippen LogP contribution is 2.11. The Bertz CT molecular complexity index is 464. The lowest BCUT2D eigenvalue weighted by Gasteiger charge is -2.12. The van der Waals surface area contributed by atoms with E-state index < -0.39 is 0 Å². The van der Waals surface area contributed by atoms with Crippen molar-refractivity contribution in [2.45, 2.75) is 20.4 Å². The zero-order valence-electron chi connectivity index (χ0n) is 8.99. The Balaban J connectivity index is 3.61. The molecule has 5 heteroatoms. The van der Waals surface area contributed by atoms with Gasteiger partial charge in [-0.05, 0) is 13.8 Å². The Morgan fingerprint density at radius 1 is 1.47 bits per heavy atom. The summed E-state index contributed by atoms with van der Waals surface area (Å²) in [4.78, 5) is 4.18. The maximum atomic E-state index is 8.99. The SMILES string of the molecule is CCN=c1cc(N)n(CC)c(N)c1C#N. The van der Waals surface area contributed by atoms with Crippen LogP contribution < -0.4 is 16.8 Å². The average Bonchev–Trinajstić information content (AvgIpc) is 2.19. The molecule has 1 heterocycles. The fourth-order valence-electron chi connectivity index (χ4n) is 1.46. The van der Waals surface area contributed by atoms with Gasteiger partial charge >= 0.3 is 0 Å². The fourth-order valence-corrected chi connectivity index (χ4v) is 1.46. The van der Waals surface area contributed by atoms with Crippen LogP contribution in [0.4, 0.5) is 11.6 Å². The number of rotatable bonds is 2. The third-order valence-corrected chi connectivity index (χ3v) is 2.16. The van der Waals surface area contributed by atoms with Gasteiger partial charge in [0, 0.05) is 19.2 Å². The molecular formula is C10H15N5. The summed E-state index contributed by atoms with van der Waals surface area (Å²) in [6, 6.07) is 3.74. The molecule has 1 rings (SSSR count). The van der Waals surface area contributed by atoms with Crippen molar-refractivity contribution in [2.75, 3.05) is 18.0 Å². The summed E-state index contributed by atoms with van der Waals surface area (Å²) in [6.45, 7) is 5.06. The first-order valence-electron chi connectivity index (χ1n) is 4.85. The van der Waals surface area contributed by atoms with E-state index in [4.69, 9.17) is 16.7 Å². The van der Waals surface area contributed by atoms with Crippen molar-refractivity contribution in [1.82, 2.24) is 4.57 Å². The normalized spacial score (nSPS) is 11.4. The highest BCUT2D eigenvalue weighted by Gasteiger charge is 2.08. The number of aromatic nitrogens is 1. The second-order valence-corrected chi connectivity index (χ2v) is 3.05. The number of nitriles is 1. The molecule has 0 spiro atoms. The van der Waals surface area contributed by atoms with Gasteiger partial charge in [-0.1, -0.05) is 0 Å². The molecule has 0 amide bonds. The summed E-state index contributed by atoms with van der Waals surface area (Å²) >= 11 is 0. The molecule has 4 N–H and O–H groups in total. The fraction of sp³-hybridized carbons (Fsp3) is 0.400. The van der Waals surface area contributed by atoms with Gasteiger partial charge in [-0.2, -0.15) is 5.26 Å². The van der Waals surface area contributed by atoms with Crippen LogP contribution in [0.5, 0.6) is 0 Å². The zero-order valence-corrected chi connectivity index (χ0v) is 8.99. The summed E-state index contributed by atoms with van der Waals surface area (Å²) in [5.41, 5.74) is 12.0. The number of anilines is 2. The molecular weight excluding hydrogens is 190 g/mol. The van der Waals surface area contributed by atoms with Crippen molar-refractivity contribution < 1.29 is 0 Å². The van der Waals surface area contributed by atoms with E-state index in [9.17, 15) is 0 Å². The Labute approximate surface area is 88.7 Å². The first-order chi connectivity index (χ1) is 7.15. The molecule has 0 aliphatic carbocycles. The van der Waals surface area contributed by atoms with Gasteiger partial charge in [0.1, 0.15) is 23.3 Å². The minimum absolute atomic E-state index is 0.382. The van der Waals surface area contributed by atoms with Crippen LogP contribution in [-0.2, 0) is 6.54 Å². The molecule has 80 valence electrons. The van der Waals surface area contributed by atoms with Gasteiger partial charge < -0.3 is 16.0 Å². The van der Waals surface area contributed by atoms with Gasteiger partial charge in [-0.25, -0.2) is 0 Å². The van der Waals surface area contributed by atoms with Crippen molar-refractivity contribution in [3.63, 3.8) is 0 Å². The Hall–Kier alpha value is -1.96. The van der Waals surface area contributed by atoms with E-state index in [0.717, 1.165) is 0 Å². The molecule has 0 aliphatic heterocycles. The van der Waals surface area contributed by atoms with E-state index in [2.05, 4.69) is 11.1 Å². The highest BCUT2D eigenvalue weighted by molar-refractivity contribution is 5.54. The molecule has 0 aromatic carbocycles. The van der Waals surface area contributed by atoms with Crippen LogP contribution >= 0.6 is 0 Å². The van der Waals surface area contributed by atoms with Crippen LogP contribution in [0, 0.1) is 11.3 Å². The molecule has 0 bridgehead atoms. The molecule has 0 saturated heterocycles. The van der Waals surface area contributed by atoms with Crippen LogP contribution in [0.15, 0.2) is 11.1 Å². The molecule has 0 radical (unpaired) electrons. The third kappa shape index (κ3) is 1.94. The first-order valence-corrected chi connectivity index (χ1v) is 4.85. The number of hydrogen-bond acceptors (Lipinski definition) is 4. The molecule has 0 saturated carbocycles. The second kappa shape index (κ2) is 4.51. The van der Waals surface area contributed by atoms with Gasteiger partial charge in [-0.15, -0.1) is 0 Å². The van der Waals surface area contributed by atoms with Crippen LogP contribution in [0.2, 0.25) is 0 Å². The highest BCUT2D eigenvalue weighted by atomic mass is 15.1. The van der Waals surface area contributed by atoms with E-state index in [-0.39, 0.29) is 0 Å². The average molecular weight is 205 g/mol. The topological polar surface area (TPSA) is 93.1 Å². The van der Waals surface area contributed by atoms with Crippen molar-refractivity contribution >= 4 is 11.6 Å². The van der Waals surface area contributed by atoms with Gasteiger partial charge in [0.15, 0.2) is 0 Å². The monoisotopic (exact) mass is 205 g/mol. The minimum atomic E-state index is 0.382. The molecule has 5 nitrogen and oxygen atoms in total. The van der Waals surface area contributed by atoms with Gasteiger partial charge in [0.2, 0.25) is 0 Å². The third-order valence-electron chi connectivity index (χ3n) is 2.16. The molecule has 0 atom stereocenters. The second-order valence-electron chi connectivity index (χ2n) is 3.05. The van der Waals surface area contributed by atoms with Crippen LogP contribution in [0.25, 0.3) is 0 Å². The van der Waals surface area contributed by atoms with Gasteiger partial charge in [-0.3, -0.25) is 4.99 Å². The molecule has 1 aromatic heterocycles. The summed E-state index contributed by atoms with van der Waals surface area (Å²) in [7, 11) is 0. The Kier molecular flexibility index (Phi) is 3.34. The molecule has 0 aliphatic rings. The first kappa shape index (κ1) is 11.1. The van der Waals surface area contributed by atoms with Crippen molar-refractivity contribution in [1.29, 1.82) is 5.26 Å². The lowest BCUT2D eigenvalue weighted by atomic mass is 10.2. The maximum absolute atomic E-state index is 8.99. The van der Waals surface area contributed by atoms with Crippen LogP contribution in [0.1, 0.15) is 19.4 Å². The molecule has 0 unspecified atom stereocenters. The summed E-state index contributed by atoms with van der Waals surface area (Å²) in [5.74, 6) is 0.911. The van der Waals surface area contributed by atoms with E-state index >= 15 is 0 Å². The van der Waals surface area contributed by atoms with Crippen molar-refractivity contribution in [3.05, 3.63) is 17.0 Å². The van der Waals surface area contributed by atoms with E-state index in [1.807, 2.05) is 13.8 Å². The maximum Gasteiger partial charge on any atom is 0.125 e. The number of pyridine rings is 1. The molecule has 1 aromatic rings. The standard InChI is InChI=1S/C10H15N5/c1-3-14-8-5-9(12)15(4-2)10(13)7(8)6-11/h5H,3-4,12-13H2,1-2H3. The van der Waals surface area contributed by atoms with Gasteiger partial charge in [0.25, 0.3) is 0 Å². The van der Waals surface area contributed by atoms with E-state index in [0.29, 0.717) is 35.6 Å². The summed E-state index contributed by atoms with van der Waals surface area (Å²) in [5, 5.41) is 9.56. The number of nitrogens with two attached hydrogens (primary N) is 2. The van der Waals surface area contributed by atoms with E-state index in [1.54, 1.807) is 10.6 Å². The van der Waals surface area contributed by atoms with Crippen LogP contribution in [-0.4, -0.2) is 11.1 Å². The largest absolute Gasteiger partial charge is 0.385 e. The zero-order chi connectivity index (χ0) is 11.4. The minimum Gasteiger partial charge on any atom is -0.385 e. The number of nitrogens with zero attached hydrogens (tertiary/aromatic N) is 3. The van der Waals surface area contributed by atoms with E-state index in [1.165, 1.54) is 0 Å². The molecule has 15 heavy (non-hydrogen) atoms. The van der Waals surface area contributed by atoms with Crippen LogP contribution in [0.3, 0.4) is 0 Å². The summed E-state index contributed by atoms with van der Waals surface area (Å²) in [6.07, 6.45) is 0. The number of hydrogen-bond donors (Lipinski definition) is 2. The summed E-state index contributed by atoms with van der Waals surface area (Å²) < 4.78 is 1.69.